The molecule has 0 aromatic rings. The molecule has 1 atom stereocenters. The van der Waals surface area contributed by atoms with Gasteiger partial charge < -0.3 is 15.7 Å². The van der Waals surface area contributed by atoms with Crippen LogP contribution in [0.25, 0.3) is 0 Å². The summed E-state index contributed by atoms with van der Waals surface area (Å²) in [6.45, 7) is 5.89. The Balaban J connectivity index is 3.98. The Labute approximate surface area is 96.6 Å². The van der Waals surface area contributed by atoms with Gasteiger partial charge in [-0.1, -0.05) is 26.7 Å². The maximum absolute atomic E-state index is 11.4. The molecule has 0 fully saturated rings. The molecule has 5 heteroatoms. The van der Waals surface area contributed by atoms with Crippen molar-refractivity contribution in [3.63, 3.8) is 0 Å². The largest absolute Gasteiger partial charge is 0.480 e. The van der Waals surface area contributed by atoms with Crippen LogP contribution in [-0.4, -0.2) is 29.2 Å². The van der Waals surface area contributed by atoms with Crippen LogP contribution in [0.2, 0.25) is 0 Å². The highest BCUT2D eigenvalue weighted by Gasteiger charge is 2.32. The zero-order valence-corrected chi connectivity index (χ0v) is 10.3. The Kier molecular flexibility index (Phi) is 6.53. The summed E-state index contributed by atoms with van der Waals surface area (Å²) in [6.07, 6.45) is 3.42. The second kappa shape index (κ2) is 7.09. The molecule has 0 radical (unpaired) electrons. The van der Waals surface area contributed by atoms with E-state index in [1.165, 1.54) is 6.92 Å². The van der Waals surface area contributed by atoms with E-state index in [1.54, 1.807) is 6.92 Å². The molecular formula is C11H22N2O3. The van der Waals surface area contributed by atoms with Gasteiger partial charge in [0.05, 0.1) is 0 Å². The number of carbonyl (C=O) groups excluding carboxylic acids is 1. The first-order valence-electron chi connectivity index (χ1n) is 5.75. The minimum Gasteiger partial charge on any atom is -0.480 e. The van der Waals surface area contributed by atoms with Crippen molar-refractivity contribution < 1.29 is 14.7 Å². The van der Waals surface area contributed by atoms with Crippen molar-refractivity contribution >= 4 is 12.0 Å². The molecule has 0 aliphatic carbocycles. The van der Waals surface area contributed by atoms with Crippen LogP contribution in [0.3, 0.4) is 0 Å². The molecule has 3 N–H and O–H groups in total. The van der Waals surface area contributed by atoms with Gasteiger partial charge in [0.1, 0.15) is 5.54 Å². The number of unbranched alkanes of at least 4 members (excludes halogenated alkanes) is 2. The minimum atomic E-state index is -1.19. The standard InChI is InChI=1S/C11H22N2O3/c1-4-6-7-8-12-10(16)13-11(3,5-2)9(14)15/h4-8H2,1-3H3,(H,14,15)(H2,12,13,16). The van der Waals surface area contributed by atoms with Crippen LogP contribution in [0.4, 0.5) is 4.79 Å². The molecule has 0 aliphatic rings. The van der Waals surface area contributed by atoms with Gasteiger partial charge in [-0.25, -0.2) is 9.59 Å². The number of urea groups is 1. The van der Waals surface area contributed by atoms with E-state index < -0.39 is 17.5 Å². The Morgan fingerprint density at radius 3 is 2.31 bits per heavy atom. The van der Waals surface area contributed by atoms with Gasteiger partial charge in [-0.15, -0.1) is 0 Å². The second-order valence-electron chi connectivity index (χ2n) is 4.08. The van der Waals surface area contributed by atoms with Crippen molar-refractivity contribution in [3.05, 3.63) is 0 Å². The van der Waals surface area contributed by atoms with E-state index in [1.807, 2.05) is 0 Å². The van der Waals surface area contributed by atoms with Gasteiger partial charge in [-0.2, -0.15) is 0 Å². The number of aliphatic carboxylic acids is 1. The van der Waals surface area contributed by atoms with E-state index in [0.29, 0.717) is 13.0 Å². The molecule has 0 aromatic carbocycles. The topological polar surface area (TPSA) is 78.4 Å². The Morgan fingerprint density at radius 1 is 1.25 bits per heavy atom. The zero-order chi connectivity index (χ0) is 12.6. The highest BCUT2D eigenvalue weighted by atomic mass is 16.4. The molecule has 0 saturated heterocycles. The molecule has 94 valence electrons. The van der Waals surface area contributed by atoms with E-state index in [4.69, 9.17) is 5.11 Å². The normalized spacial score (nSPS) is 13.9. The van der Waals surface area contributed by atoms with Crippen molar-refractivity contribution in [3.8, 4) is 0 Å². The maximum Gasteiger partial charge on any atom is 0.329 e. The molecule has 0 bridgehead atoms. The number of carboxylic acid groups (broad SMARTS) is 1. The molecule has 5 nitrogen and oxygen atoms in total. The van der Waals surface area contributed by atoms with Crippen LogP contribution < -0.4 is 10.6 Å². The number of rotatable bonds is 7. The summed E-state index contributed by atoms with van der Waals surface area (Å²) >= 11 is 0. The van der Waals surface area contributed by atoms with Gasteiger partial charge in [0, 0.05) is 6.54 Å². The molecule has 0 heterocycles. The predicted molar refractivity (Wildman–Crippen MR) is 62.4 cm³/mol. The van der Waals surface area contributed by atoms with Crippen LogP contribution in [0, 0.1) is 0 Å². The Bertz CT molecular complexity index is 243. The summed E-state index contributed by atoms with van der Waals surface area (Å²) < 4.78 is 0. The second-order valence-corrected chi connectivity index (χ2v) is 4.08. The molecule has 0 spiro atoms. The van der Waals surface area contributed by atoms with Gasteiger partial charge in [0.2, 0.25) is 0 Å². The van der Waals surface area contributed by atoms with Crippen molar-refractivity contribution in [2.45, 2.75) is 52.0 Å². The number of hydrogen-bond acceptors (Lipinski definition) is 2. The van der Waals surface area contributed by atoms with Crippen molar-refractivity contribution in [1.29, 1.82) is 0 Å². The predicted octanol–water partition coefficient (Wildman–Crippen LogP) is 1.73. The third kappa shape index (κ3) is 5.00. The summed E-state index contributed by atoms with van der Waals surface area (Å²) in [5.41, 5.74) is -1.19. The molecule has 16 heavy (non-hydrogen) atoms. The highest BCUT2D eigenvalue weighted by molar-refractivity contribution is 5.85. The summed E-state index contributed by atoms with van der Waals surface area (Å²) in [5, 5.41) is 14.1. The summed E-state index contributed by atoms with van der Waals surface area (Å²) in [6, 6.07) is -0.414. The lowest BCUT2D eigenvalue weighted by Gasteiger charge is -2.24. The molecule has 0 saturated carbocycles. The van der Waals surface area contributed by atoms with E-state index in [-0.39, 0.29) is 0 Å². The van der Waals surface area contributed by atoms with E-state index in [9.17, 15) is 9.59 Å². The Morgan fingerprint density at radius 2 is 1.88 bits per heavy atom. The van der Waals surface area contributed by atoms with Crippen LogP contribution in [-0.2, 0) is 4.79 Å². The maximum atomic E-state index is 11.4. The first-order valence-corrected chi connectivity index (χ1v) is 5.75. The average Bonchev–Trinajstić information content (AvgIpc) is 2.24. The van der Waals surface area contributed by atoms with Gasteiger partial charge in [-0.05, 0) is 19.8 Å². The van der Waals surface area contributed by atoms with Crippen molar-refractivity contribution in [2.75, 3.05) is 6.54 Å². The fourth-order valence-corrected chi connectivity index (χ4v) is 1.16. The summed E-state index contributed by atoms with van der Waals surface area (Å²) in [4.78, 5) is 22.3. The fraction of sp³-hybridized carbons (Fsp3) is 0.818. The number of hydrogen-bond donors (Lipinski definition) is 3. The smallest absolute Gasteiger partial charge is 0.329 e. The summed E-state index contributed by atoms with van der Waals surface area (Å²) in [5.74, 6) is -1.02. The van der Waals surface area contributed by atoms with E-state index in [0.717, 1.165) is 19.3 Å². The first kappa shape index (κ1) is 14.7. The van der Waals surface area contributed by atoms with Gasteiger partial charge in [0.15, 0.2) is 0 Å². The van der Waals surface area contributed by atoms with Crippen LogP contribution >= 0.6 is 0 Å². The lowest BCUT2D eigenvalue weighted by Crippen LogP contribution is -2.54. The molecule has 1 unspecified atom stereocenters. The number of carboxylic acids is 1. The quantitative estimate of drug-likeness (QED) is 0.583. The van der Waals surface area contributed by atoms with Crippen molar-refractivity contribution in [1.82, 2.24) is 10.6 Å². The highest BCUT2D eigenvalue weighted by Crippen LogP contribution is 2.08. The summed E-state index contributed by atoms with van der Waals surface area (Å²) in [7, 11) is 0. The molecule has 0 rings (SSSR count). The average molecular weight is 230 g/mol. The molecule has 0 aliphatic heterocycles. The van der Waals surface area contributed by atoms with Crippen molar-refractivity contribution in [2.24, 2.45) is 0 Å². The number of carbonyl (C=O) groups is 2. The van der Waals surface area contributed by atoms with Gasteiger partial charge in [0.25, 0.3) is 0 Å². The monoisotopic (exact) mass is 230 g/mol. The first-order chi connectivity index (χ1) is 7.46. The number of amides is 2. The van der Waals surface area contributed by atoms with E-state index in [2.05, 4.69) is 17.6 Å². The third-order valence-electron chi connectivity index (χ3n) is 2.63. The number of nitrogens with one attached hydrogen (secondary N) is 2. The molecule has 2 amide bonds. The van der Waals surface area contributed by atoms with Gasteiger partial charge >= 0.3 is 12.0 Å². The third-order valence-corrected chi connectivity index (χ3v) is 2.63. The van der Waals surface area contributed by atoms with E-state index >= 15 is 0 Å². The van der Waals surface area contributed by atoms with Crippen LogP contribution in [0.15, 0.2) is 0 Å². The zero-order valence-electron chi connectivity index (χ0n) is 10.3. The van der Waals surface area contributed by atoms with Gasteiger partial charge in [-0.3, -0.25) is 0 Å². The lowest BCUT2D eigenvalue weighted by atomic mass is 10.00. The SMILES string of the molecule is CCCCCNC(=O)NC(C)(CC)C(=O)O. The van der Waals surface area contributed by atoms with Crippen LogP contribution in [0.1, 0.15) is 46.5 Å². The molecule has 0 aromatic heterocycles. The fourth-order valence-electron chi connectivity index (χ4n) is 1.16. The Hall–Kier alpha value is -1.26. The minimum absolute atomic E-state index is 0.352. The van der Waals surface area contributed by atoms with Crippen LogP contribution in [0.5, 0.6) is 0 Å². The lowest BCUT2D eigenvalue weighted by molar-refractivity contribution is -0.143. The molecular weight excluding hydrogens is 208 g/mol.